The summed E-state index contributed by atoms with van der Waals surface area (Å²) in [5.41, 5.74) is 3.33. The summed E-state index contributed by atoms with van der Waals surface area (Å²) >= 11 is 3.38. The molecular weight excluding hydrogens is 371 g/mol. The molecule has 1 saturated heterocycles. The van der Waals surface area contributed by atoms with E-state index in [1.54, 1.807) is 6.92 Å². The molecule has 24 heavy (non-hydrogen) atoms. The van der Waals surface area contributed by atoms with Crippen molar-refractivity contribution in [2.45, 2.75) is 32.4 Å². The fourth-order valence-electron chi connectivity index (χ4n) is 3.12. The first-order valence-corrected chi connectivity index (χ1v) is 8.92. The van der Waals surface area contributed by atoms with Crippen LogP contribution in [0.5, 0.6) is 0 Å². The lowest BCUT2D eigenvalue weighted by Crippen LogP contribution is -2.31. The Hall–Kier alpha value is -1.72. The third-order valence-electron chi connectivity index (χ3n) is 4.66. The van der Waals surface area contributed by atoms with Crippen LogP contribution in [-0.4, -0.2) is 22.3 Å². The van der Waals surface area contributed by atoms with Crippen LogP contribution in [0, 0.1) is 12.7 Å². The maximum Gasteiger partial charge on any atom is 0.130 e. The summed E-state index contributed by atoms with van der Waals surface area (Å²) in [6.07, 6.45) is 1.77. The highest BCUT2D eigenvalue weighted by atomic mass is 79.9. The summed E-state index contributed by atoms with van der Waals surface area (Å²) in [5, 5.41) is 0. The lowest BCUT2D eigenvalue weighted by molar-refractivity contribution is -0.0589. The summed E-state index contributed by atoms with van der Waals surface area (Å²) in [6, 6.07) is 11.8. The van der Waals surface area contributed by atoms with E-state index in [0.29, 0.717) is 17.5 Å². The number of aromatic nitrogens is 2. The smallest absolute Gasteiger partial charge is 0.130 e. The number of para-hydroxylation sites is 2. The Labute approximate surface area is 148 Å². The molecule has 5 heteroatoms. The fraction of sp³-hybridized carbons (Fsp3) is 0.316. The molecule has 1 aromatic heterocycles. The van der Waals surface area contributed by atoms with Crippen molar-refractivity contribution < 1.29 is 9.13 Å². The molecule has 2 heterocycles. The average Bonchev–Trinajstić information content (AvgIpc) is 2.89. The molecular formula is C19H18BrFN2O. The maximum atomic E-state index is 14.6. The number of rotatable bonds is 4. The predicted molar refractivity (Wildman–Crippen MR) is 95.7 cm³/mol. The Morgan fingerprint density at radius 1 is 1.29 bits per heavy atom. The van der Waals surface area contributed by atoms with Gasteiger partial charge in [0, 0.05) is 17.5 Å². The second-order valence-electron chi connectivity index (χ2n) is 6.23. The number of fused-ring (bicyclic) bond motifs is 1. The zero-order chi connectivity index (χ0) is 16.7. The molecule has 1 fully saturated rings. The Balaban J connectivity index is 1.75. The molecule has 0 bridgehead atoms. The average molecular weight is 389 g/mol. The van der Waals surface area contributed by atoms with Gasteiger partial charge in [-0.2, -0.15) is 0 Å². The van der Waals surface area contributed by atoms with Crippen molar-refractivity contribution in [2.24, 2.45) is 0 Å². The van der Waals surface area contributed by atoms with Crippen molar-refractivity contribution in [2.75, 3.05) is 6.61 Å². The van der Waals surface area contributed by atoms with Crippen molar-refractivity contribution in [3.63, 3.8) is 0 Å². The first-order chi connectivity index (χ1) is 11.6. The van der Waals surface area contributed by atoms with Crippen molar-refractivity contribution in [1.29, 1.82) is 0 Å². The topological polar surface area (TPSA) is 27.1 Å². The molecule has 3 nitrogen and oxygen atoms in total. The van der Waals surface area contributed by atoms with Crippen LogP contribution in [0.2, 0.25) is 0 Å². The largest absolute Gasteiger partial charge is 0.376 e. The van der Waals surface area contributed by atoms with E-state index < -0.39 is 0 Å². The van der Waals surface area contributed by atoms with Crippen LogP contribution in [0.3, 0.4) is 0 Å². The number of benzene rings is 2. The zero-order valence-electron chi connectivity index (χ0n) is 13.4. The zero-order valence-corrected chi connectivity index (χ0v) is 15.0. The predicted octanol–water partition coefficient (Wildman–Crippen LogP) is 4.63. The fourth-order valence-corrected chi connectivity index (χ4v) is 3.43. The van der Waals surface area contributed by atoms with Crippen molar-refractivity contribution in [1.82, 2.24) is 9.55 Å². The molecule has 1 aliphatic heterocycles. The summed E-state index contributed by atoms with van der Waals surface area (Å²) in [5.74, 6) is 0.718. The lowest BCUT2D eigenvalue weighted by Gasteiger charge is -2.27. The van der Waals surface area contributed by atoms with E-state index in [2.05, 4.69) is 26.6 Å². The van der Waals surface area contributed by atoms with Gasteiger partial charge in [-0.15, -0.1) is 0 Å². The number of nitrogens with zero attached hydrogens (tertiary/aromatic N) is 2. The molecule has 0 N–H and O–H groups in total. The SMILES string of the molecule is Cc1c(Br)ccc(Cc2nc3ccccc3n2C[C@@H]2CCO2)c1F. The van der Waals surface area contributed by atoms with Crippen LogP contribution < -0.4 is 0 Å². The van der Waals surface area contributed by atoms with E-state index in [1.807, 2.05) is 30.3 Å². The van der Waals surface area contributed by atoms with Gasteiger partial charge in [0.15, 0.2) is 0 Å². The molecule has 3 aromatic rings. The number of hydrogen-bond acceptors (Lipinski definition) is 2. The van der Waals surface area contributed by atoms with Gasteiger partial charge in [-0.3, -0.25) is 0 Å². The molecule has 0 spiro atoms. The lowest BCUT2D eigenvalue weighted by atomic mass is 10.1. The Morgan fingerprint density at radius 3 is 2.83 bits per heavy atom. The minimum absolute atomic E-state index is 0.164. The third kappa shape index (κ3) is 2.76. The number of hydrogen-bond donors (Lipinski definition) is 0. The van der Waals surface area contributed by atoms with Crippen molar-refractivity contribution in [3.8, 4) is 0 Å². The van der Waals surface area contributed by atoms with E-state index >= 15 is 0 Å². The van der Waals surface area contributed by atoms with E-state index in [4.69, 9.17) is 9.72 Å². The van der Waals surface area contributed by atoms with E-state index in [1.165, 1.54) is 0 Å². The van der Waals surface area contributed by atoms with Crippen LogP contribution in [0.4, 0.5) is 4.39 Å². The van der Waals surface area contributed by atoms with Crippen molar-refractivity contribution in [3.05, 3.63) is 63.6 Å². The molecule has 0 aliphatic carbocycles. The molecule has 4 rings (SSSR count). The minimum Gasteiger partial charge on any atom is -0.376 e. The van der Waals surface area contributed by atoms with Crippen molar-refractivity contribution >= 4 is 27.0 Å². The van der Waals surface area contributed by atoms with Crippen LogP contribution in [-0.2, 0) is 17.7 Å². The van der Waals surface area contributed by atoms with Gasteiger partial charge in [0.1, 0.15) is 11.6 Å². The Bertz CT molecular complexity index is 902. The molecule has 0 saturated carbocycles. The molecule has 1 atom stereocenters. The minimum atomic E-state index is -0.164. The van der Waals surface area contributed by atoms with Gasteiger partial charge in [-0.1, -0.05) is 34.1 Å². The first kappa shape index (κ1) is 15.8. The maximum absolute atomic E-state index is 14.6. The van der Waals surface area contributed by atoms with Gasteiger partial charge in [-0.05, 0) is 42.7 Å². The highest BCUT2D eigenvalue weighted by molar-refractivity contribution is 9.10. The Kier molecular flexibility index (Phi) is 4.14. The highest BCUT2D eigenvalue weighted by Crippen LogP contribution is 2.26. The van der Waals surface area contributed by atoms with Crippen LogP contribution in [0.25, 0.3) is 11.0 Å². The molecule has 2 aromatic carbocycles. The molecule has 0 radical (unpaired) electrons. The molecule has 124 valence electrons. The van der Waals surface area contributed by atoms with Gasteiger partial charge in [0.25, 0.3) is 0 Å². The summed E-state index contributed by atoms with van der Waals surface area (Å²) in [4.78, 5) is 4.74. The normalized spacial score (nSPS) is 17.2. The molecule has 0 unspecified atom stereocenters. The summed E-state index contributed by atoms with van der Waals surface area (Å²) < 4.78 is 23.1. The van der Waals surface area contributed by atoms with Crippen LogP contribution in [0.15, 0.2) is 40.9 Å². The van der Waals surface area contributed by atoms with Gasteiger partial charge in [-0.25, -0.2) is 9.37 Å². The second kappa shape index (κ2) is 6.30. The summed E-state index contributed by atoms with van der Waals surface area (Å²) in [6.45, 7) is 3.38. The number of ether oxygens (including phenoxy) is 1. The Morgan fingerprint density at radius 2 is 2.08 bits per heavy atom. The van der Waals surface area contributed by atoms with Crippen LogP contribution >= 0.6 is 15.9 Å². The quantitative estimate of drug-likeness (QED) is 0.651. The second-order valence-corrected chi connectivity index (χ2v) is 7.09. The molecule has 0 amide bonds. The van der Waals surface area contributed by atoms with Gasteiger partial charge in [0.2, 0.25) is 0 Å². The third-order valence-corrected chi connectivity index (χ3v) is 5.52. The first-order valence-electron chi connectivity index (χ1n) is 8.12. The van der Waals surface area contributed by atoms with Crippen LogP contribution in [0.1, 0.15) is 23.4 Å². The standard InChI is InChI=1S/C19H18BrFN2O/c1-12-15(20)7-6-13(19(12)21)10-18-22-16-4-2-3-5-17(16)23(18)11-14-8-9-24-14/h2-7,14H,8-11H2,1H3/t14-/m0/s1. The van der Waals surface area contributed by atoms with E-state index in [0.717, 1.165) is 40.9 Å². The monoisotopic (exact) mass is 388 g/mol. The van der Waals surface area contributed by atoms with Gasteiger partial charge in [0.05, 0.1) is 23.7 Å². The van der Waals surface area contributed by atoms with Gasteiger partial charge >= 0.3 is 0 Å². The van der Waals surface area contributed by atoms with E-state index in [9.17, 15) is 4.39 Å². The molecule has 1 aliphatic rings. The number of imidazole rings is 1. The van der Waals surface area contributed by atoms with Gasteiger partial charge < -0.3 is 9.30 Å². The summed E-state index contributed by atoms with van der Waals surface area (Å²) in [7, 11) is 0. The van der Waals surface area contributed by atoms with E-state index in [-0.39, 0.29) is 11.9 Å². The number of halogens is 2. The highest BCUT2D eigenvalue weighted by Gasteiger charge is 2.22.